The lowest BCUT2D eigenvalue weighted by Gasteiger charge is -2.21. The van der Waals surface area contributed by atoms with Gasteiger partial charge in [-0.2, -0.15) is 5.10 Å². The second kappa shape index (κ2) is 6.00. The molecule has 0 bridgehead atoms. The molecule has 0 aliphatic rings. The Bertz CT molecular complexity index is 1000. The van der Waals surface area contributed by atoms with Crippen LogP contribution >= 0.6 is 15.9 Å². The number of aromatic nitrogens is 4. The first kappa shape index (κ1) is 16.1. The first-order valence-corrected chi connectivity index (χ1v) is 7.76. The molecule has 124 valence electrons. The van der Waals surface area contributed by atoms with Crippen molar-refractivity contribution >= 4 is 15.9 Å². The molecule has 3 aromatic rings. The van der Waals surface area contributed by atoms with Crippen LogP contribution in [0.3, 0.4) is 0 Å². The predicted molar refractivity (Wildman–Crippen MR) is 86.0 cm³/mol. The van der Waals surface area contributed by atoms with Crippen molar-refractivity contribution < 1.29 is 15.3 Å². The zero-order valence-electron chi connectivity index (χ0n) is 12.4. The quantitative estimate of drug-likeness (QED) is 0.506. The zero-order valence-corrected chi connectivity index (χ0v) is 14.0. The van der Waals surface area contributed by atoms with E-state index in [1.807, 2.05) is 0 Å². The number of halogens is 1. The third-order valence-corrected chi connectivity index (χ3v) is 4.22. The Balaban J connectivity index is 2.36. The van der Waals surface area contributed by atoms with Crippen LogP contribution in [-0.4, -0.2) is 20.2 Å². The Kier molecular flexibility index (Phi) is 4.02. The molecular weight excluding hydrogens is 380 g/mol. The Hall–Kier alpha value is -2.81. The van der Waals surface area contributed by atoms with Gasteiger partial charge in [-0.15, -0.1) is 0 Å². The second-order valence-electron chi connectivity index (χ2n) is 5.28. The summed E-state index contributed by atoms with van der Waals surface area (Å²) in [4.78, 5) is 27.7. The summed E-state index contributed by atoms with van der Waals surface area (Å²) in [6.45, 7) is 1.70. The van der Waals surface area contributed by atoms with Crippen LogP contribution in [0.5, 0.6) is 11.8 Å². The summed E-state index contributed by atoms with van der Waals surface area (Å²) < 4.78 is 0.745. The van der Waals surface area contributed by atoms with Gasteiger partial charge >= 0.3 is 11.6 Å². The van der Waals surface area contributed by atoms with Gasteiger partial charge in [-0.25, -0.2) is 4.79 Å². The van der Waals surface area contributed by atoms with Gasteiger partial charge in [-0.3, -0.25) is 9.78 Å². The van der Waals surface area contributed by atoms with Crippen molar-refractivity contribution in [2.75, 3.05) is 0 Å². The predicted octanol–water partition coefficient (Wildman–Crippen LogP) is 0.236. The van der Waals surface area contributed by atoms with E-state index >= 15 is 0 Å². The zero-order chi connectivity index (χ0) is 17.4. The summed E-state index contributed by atoms with van der Waals surface area (Å²) in [5.74, 6) is -1.85. The minimum absolute atomic E-state index is 0.181. The van der Waals surface area contributed by atoms with Gasteiger partial charge in [0, 0.05) is 10.0 Å². The van der Waals surface area contributed by atoms with Crippen LogP contribution in [0.1, 0.15) is 28.3 Å². The molecule has 0 aliphatic heterocycles. The molecule has 0 amide bonds. The number of aromatic hydroxyl groups is 1. The lowest BCUT2D eigenvalue weighted by atomic mass is 9.86. The number of H-pyrrole nitrogens is 4. The van der Waals surface area contributed by atoms with Crippen LogP contribution in [0.25, 0.3) is 0 Å². The number of hydrogen-bond acceptors (Lipinski definition) is 4. The van der Waals surface area contributed by atoms with Gasteiger partial charge in [0.05, 0.1) is 11.6 Å². The Morgan fingerprint density at radius 2 is 2.00 bits per heavy atom. The molecule has 0 saturated carbocycles. The lowest BCUT2D eigenvalue weighted by Crippen LogP contribution is -2.30. The maximum Gasteiger partial charge on any atom is 0.393 e. The summed E-state index contributed by atoms with van der Waals surface area (Å²) in [6.07, 6.45) is 0. The fourth-order valence-electron chi connectivity index (χ4n) is 2.72. The van der Waals surface area contributed by atoms with Crippen LogP contribution in [0.4, 0.5) is 0 Å². The standard InChI is InChI=1S/C15H13BrN4O4/c1-6-9(14(23)20-19-6)10(7-3-2-4-8(16)5-7)11-12(21)17-15(24)18-13(11)22/h2-5,10H,1H3,(H2,19,20,23)(H3,17,18,21,22,24)/t10-/m1/s1. The molecule has 8 nitrogen and oxygen atoms in total. The van der Waals surface area contributed by atoms with Gasteiger partial charge in [0.15, 0.2) is 0 Å². The van der Waals surface area contributed by atoms with Crippen LogP contribution < -0.4 is 21.5 Å². The molecule has 1 aromatic carbocycles. The molecule has 3 rings (SSSR count). The SMILES string of the molecule is Cc1[nH][nH+]c(O)c1[C@@H](c1cccc(Br)c1)c1c([O-])[nH]c(=O)[nH]c1=O. The Morgan fingerprint density at radius 3 is 2.58 bits per heavy atom. The molecule has 0 aliphatic carbocycles. The summed E-state index contributed by atoms with van der Waals surface area (Å²) in [5.41, 5.74) is -0.341. The van der Waals surface area contributed by atoms with E-state index in [9.17, 15) is 19.8 Å². The maximum absolute atomic E-state index is 12.3. The molecule has 0 saturated heterocycles. The van der Waals surface area contributed by atoms with Crippen molar-refractivity contribution in [2.45, 2.75) is 12.8 Å². The summed E-state index contributed by atoms with van der Waals surface area (Å²) in [7, 11) is 0. The monoisotopic (exact) mass is 392 g/mol. The number of aromatic amines is 4. The largest absolute Gasteiger partial charge is 0.860 e. The molecule has 5 N–H and O–H groups in total. The first-order chi connectivity index (χ1) is 11.4. The lowest BCUT2D eigenvalue weighted by molar-refractivity contribution is -0.462. The highest BCUT2D eigenvalue weighted by atomic mass is 79.9. The minimum atomic E-state index is -0.872. The summed E-state index contributed by atoms with van der Waals surface area (Å²) >= 11 is 3.35. The van der Waals surface area contributed by atoms with Gasteiger partial charge in [0.1, 0.15) is 5.56 Å². The summed E-state index contributed by atoms with van der Waals surface area (Å²) in [5, 5.41) is 27.7. The van der Waals surface area contributed by atoms with Crippen molar-refractivity contribution in [3.05, 3.63) is 72.0 Å². The number of hydrogen-bond donors (Lipinski definition) is 4. The molecule has 1 atom stereocenters. The van der Waals surface area contributed by atoms with Gasteiger partial charge in [0.2, 0.25) is 0 Å². The highest BCUT2D eigenvalue weighted by Crippen LogP contribution is 2.37. The third-order valence-electron chi connectivity index (χ3n) is 3.73. The Labute approximate surface area is 143 Å². The van der Waals surface area contributed by atoms with Gasteiger partial charge in [0.25, 0.3) is 5.56 Å². The topological polar surface area (TPSA) is 139 Å². The molecule has 2 aromatic heterocycles. The fraction of sp³-hybridized carbons (Fsp3) is 0.133. The van der Waals surface area contributed by atoms with E-state index in [1.165, 1.54) is 0 Å². The van der Waals surface area contributed by atoms with E-state index in [2.05, 4.69) is 36.1 Å². The molecule has 0 fully saturated rings. The van der Waals surface area contributed by atoms with Crippen molar-refractivity contribution in [3.63, 3.8) is 0 Å². The first-order valence-electron chi connectivity index (χ1n) is 6.96. The van der Waals surface area contributed by atoms with E-state index < -0.39 is 23.0 Å². The van der Waals surface area contributed by atoms with Crippen LogP contribution in [0, 0.1) is 6.92 Å². The van der Waals surface area contributed by atoms with Gasteiger partial charge in [-0.05, 0) is 30.5 Å². The smallest absolute Gasteiger partial charge is 0.393 e. The van der Waals surface area contributed by atoms with Crippen molar-refractivity contribution in [2.24, 2.45) is 0 Å². The molecule has 2 heterocycles. The van der Waals surface area contributed by atoms with Gasteiger partial charge in [-0.1, -0.05) is 33.2 Å². The van der Waals surface area contributed by atoms with Gasteiger partial charge < -0.3 is 15.2 Å². The highest BCUT2D eigenvalue weighted by Gasteiger charge is 2.30. The number of nitrogens with one attached hydrogen (secondary N) is 4. The fourth-order valence-corrected chi connectivity index (χ4v) is 3.14. The highest BCUT2D eigenvalue weighted by molar-refractivity contribution is 9.10. The van der Waals surface area contributed by atoms with E-state index in [4.69, 9.17) is 0 Å². The maximum atomic E-state index is 12.3. The van der Waals surface area contributed by atoms with Crippen molar-refractivity contribution in [1.29, 1.82) is 0 Å². The molecule has 0 spiro atoms. The second-order valence-corrected chi connectivity index (χ2v) is 6.19. The third kappa shape index (κ3) is 2.73. The van der Waals surface area contributed by atoms with Crippen molar-refractivity contribution in [1.82, 2.24) is 15.1 Å². The van der Waals surface area contributed by atoms with E-state index in [0.717, 1.165) is 4.47 Å². The number of benzene rings is 1. The molecule has 24 heavy (non-hydrogen) atoms. The van der Waals surface area contributed by atoms with Crippen LogP contribution in [0.15, 0.2) is 38.3 Å². The molecule has 0 radical (unpaired) electrons. The van der Waals surface area contributed by atoms with Crippen LogP contribution in [0.2, 0.25) is 0 Å². The Morgan fingerprint density at radius 1 is 1.25 bits per heavy atom. The molecule has 0 unspecified atom stereocenters. The average molecular weight is 393 g/mol. The molecular formula is C15H13BrN4O4. The normalized spacial score (nSPS) is 12.2. The summed E-state index contributed by atoms with van der Waals surface area (Å²) in [6, 6.07) is 7.01. The average Bonchev–Trinajstić information content (AvgIpc) is 2.82. The van der Waals surface area contributed by atoms with E-state index in [1.54, 1.807) is 31.2 Å². The number of rotatable bonds is 3. The van der Waals surface area contributed by atoms with Crippen LogP contribution in [-0.2, 0) is 0 Å². The van der Waals surface area contributed by atoms with Crippen molar-refractivity contribution in [3.8, 4) is 11.8 Å². The molecule has 9 heteroatoms. The number of aryl methyl sites for hydroxylation is 1. The van der Waals surface area contributed by atoms with E-state index in [0.29, 0.717) is 16.8 Å². The minimum Gasteiger partial charge on any atom is -0.860 e. The van der Waals surface area contributed by atoms with E-state index in [-0.39, 0.29) is 11.4 Å².